The van der Waals surface area contributed by atoms with Gasteiger partial charge in [-0.3, -0.25) is 14.9 Å². The number of aromatic nitrogens is 2. The van der Waals surface area contributed by atoms with Crippen LogP contribution in [0.25, 0.3) is 33.0 Å². The first-order valence-electron chi connectivity index (χ1n) is 11.1. The number of imide groups is 1. The van der Waals surface area contributed by atoms with E-state index in [-0.39, 0.29) is 18.4 Å². The number of aryl methyl sites for hydroxylation is 3. The smallest absolute Gasteiger partial charge is 0.259 e. The van der Waals surface area contributed by atoms with Gasteiger partial charge < -0.3 is 14.2 Å². The minimum Gasteiger partial charge on any atom is -0.396 e. The number of fused-ring (bicyclic) bond motifs is 1. The van der Waals surface area contributed by atoms with Gasteiger partial charge in [-0.05, 0) is 42.5 Å². The number of nitrogens with zero attached hydrogens (tertiary/aromatic N) is 2. The van der Waals surface area contributed by atoms with Crippen molar-refractivity contribution in [3.63, 3.8) is 0 Å². The van der Waals surface area contributed by atoms with Crippen molar-refractivity contribution in [3.8, 4) is 0 Å². The number of aliphatic hydroxyl groups is 1. The first-order valence-corrected chi connectivity index (χ1v) is 11.1. The highest BCUT2D eigenvalue weighted by Crippen LogP contribution is 2.40. The summed E-state index contributed by atoms with van der Waals surface area (Å²) in [6, 6.07) is 14.0. The fourth-order valence-electron chi connectivity index (χ4n) is 5.30. The Labute approximate surface area is 184 Å². The Morgan fingerprint density at radius 1 is 0.938 bits per heavy atom. The SMILES string of the molecule is O=C1NC(=O)C(c2cn3c4c(cccc24)CCC3)=C1c1cccc2c1ccn2CCCO. The van der Waals surface area contributed by atoms with E-state index in [0.29, 0.717) is 24.1 Å². The molecule has 0 saturated carbocycles. The molecule has 6 nitrogen and oxygen atoms in total. The summed E-state index contributed by atoms with van der Waals surface area (Å²) < 4.78 is 4.29. The number of hydrogen-bond acceptors (Lipinski definition) is 3. The molecule has 0 bridgehead atoms. The molecule has 160 valence electrons. The van der Waals surface area contributed by atoms with E-state index in [9.17, 15) is 14.7 Å². The molecule has 2 aromatic carbocycles. The summed E-state index contributed by atoms with van der Waals surface area (Å²) in [7, 11) is 0. The van der Waals surface area contributed by atoms with Gasteiger partial charge in [-0.1, -0.05) is 30.3 Å². The maximum atomic E-state index is 13.1. The van der Waals surface area contributed by atoms with E-state index in [1.165, 1.54) is 11.1 Å². The van der Waals surface area contributed by atoms with Gasteiger partial charge in [-0.25, -0.2) is 0 Å². The van der Waals surface area contributed by atoms with Gasteiger partial charge >= 0.3 is 0 Å². The Morgan fingerprint density at radius 2 is 1.75 bits per heavy atom. The topological polar surface area (TPSA) is 76.3 Å². The van der Waals surface area contributed by atoms with Crippen LogP contribution in [0.4, 0.5) is 0 Å². The molecule has 32 heavy (non-hydrogen) atoms. The van der Waals surface area contributed by atoms with Crippen LogP contribution in [-0.4, -0.2) is 32.7 Å². The lowest BCUT2D eigenvalue weighted by molar-refractivity contribution is -0.122. The van der Waals surface area contributed by atoms with Crippen molar-refractivity contribution < 1.29 is 14.7 Å². The van der Waals surface area contributed by atoms with Crippen molar-refractivity contribution in [2.75, 3.05) is 6.61 Å². The molecule has 2 N–H and O–H groups in total. The Bertz CT molecular complexity index is 1450. The minimum absolute atomic E-state index is 0.123. The number of para-hydroxylation sites is 1. The van der Waals surface area contributed by atoms with Crippen LogP contribution >= 0.6 is 0 Å². The van der Waals surface area contributed by atoms with Gasteiger partial charge in [-0.15, -0.1) is 0 Å². The van der Waals surface area contributed by atoms with Crippen LogP contribution in [0.5, 0.6) is 0 Å². The summed E-state index contributed by atoms with van der Waals surface area (Å²) in [5, 5.41) is 13.7. The lowest BCUT2D eigenvalue weighted by atomic mass is 9.93. The van der Waals surface area contributed by atoms with E-state index in [4.69, 9.17) is 0 Å². The predicted octanol–water partition coefficient (Wildman–Crippen LogP) is 3.49. The predicted molar refractivity (Wildman–Crippen MR) is 124 cm³/mol. The molecule has 6 heteroatoms. The third-order valence-electron chi connectivity index (χ3n) is 6.67. The summed E-state index contributed by atoms with van der Waals surface area (Å²) in [5.41, 5.74) is 5.90. The first kappa shape index (κ1) is 19.1. The maximum absolute atomic E-state index is 13.1. The van der Waals surface area contributed by atoms with Gasteiger partial charge in [-0.2, -0.15) is 0 Å². The summed E-state index contributed by atoms with van der Waals surface area (Å²) >= 11 is 0. The minimum atomic E-state index is -0.354. The van der Waals surface area contributed by atoms with Gasteiger partial charge in [0.05, 0.1) is 16.7 Å². The molecule has 0 unspecified atom stereocenters. The Kier molecular flexibility index (Phi) is 4.30. The molecule has 2 aliphatic rings. The molecule has 2 aromatic heterocycles. The van der Waals surface area contributed by atoms with Gasteiger partial charge in [0.25, 0.3) is 11.8 Å². The molecule has 0 aliphatic carbocycles. The zero-order valence-electron chi connectivity index (χ0n) is 17.6. The van der Waals surface area contributed by atoms with Gasteiger partial charge in [0, 0.05) is 53.9 Å². The first-order chi connectivity index (χ1) is 15.7. The molecule has 2 amide bonds. The number of carbonyl (C=O) groups is 2. The fraction of sp³-hybridized carbons (Fsp3) is 0.231. The normalized spacial score (nSPS) is 15.9. The lowest BCUT2D eigenvalue weighted by Gasteiger charge is -2.14. The highest BCUT2D eigenvalue weighted by atomic mass is 16.3. The quantitative estimate of drug-likeness (QED) is 0.481. The third-order valence-corrected chi connectivity index (χ3v) is 6.67. The van der Waals surface area contributed by atoms with Gasteiger partial charge in [0.15, 0.2) is 0 Å². The van der Waals surface area contributed by atoms with E-state index >= 15 is 0 Å². The standard InChI is InChI=1S/C26H23N3O3/c30-14-4-12-28-13-10-17-18(7-2-9-21(17)28)22-23(26(32)27-25(22)31)20-15-29-11-3-6-16-5-1-8-19(20)24(16)29/h1-2,5,7-10,13,15,30H,3-4,6,11-12,14H2,(H,27,31,32). The molecular formula is C26H23N3O3. The number of aliphatic hydroxyl groups excluding tert-OH is 1. The third kappa shape index (κ3) is 2.69. The van der Waals surface area contributed by atoms with E-state index in [2.05, 4.69) is 20.5 Å². The van der Waals surface area contributed by atoms with E-state index in [0.717, 1.165) is 46.8 Å². The summed E-state index contributed by atoms with van der Waals surface area (Å²) in [5.74, 6) is -0.696. The lowest BCUT2D eigenvalue weighted by Crippen LogP contribution is -2.22. The molecule has 0 atom stereocenters. The van der Waals surface area contributed by atoms with Crippen LogP contribution < -0.4 is 5.32 Å². The number of rotatable bonds is 5. The Morgan fingerprint density at radius 3 is 2.59 bits per heavy atom. The van der Waals surface area contributed by atoms with E-state index in [1.807, 2.05) is 48.8 Å². The van der Waals surface area contributed by atoms with Crippen LogP contribution in [0.3, 0.4) is 0 Å². The Balaban J connectivity index is 1.61. The van der Waals surface area contributed by atoms with Crippen molar-refractivity contribution in [2.24, 2.45) is 0 Å². The van der Waals surface area contributed by atoms with E-state index < -0.39 is 0 Å². The second-order valence-electron chi connectivity index (χ2n) is 8.51. The zero-order chi connectivity index (χ0) is 21.8. The summed E-state index contributed by atoms with van der Waals surface area (Å²) in [4.78, 5) is 26.1. The van der Waals surface area contributed by atoms with Gasteiger partial charge in [0.1, 0.15) is 0 Å². The van der Waals surface area contributed by atoms with Crippen molar-refractivity contribution in [3.05, 3.63) is 71.5 Å². The van der Waals surface area contributed by atoms with Gasteiger partial charge in [0.2, 0.25) is 0 Å². The molecule has 0 radical (unpaired) electrons. The number of benzene rings is 2. The molecule has 4 aromatic rings. The van der Waals surface area contributed by atoms with Crippen molar-refractivity contribution >= 4 is 44.8 Å². The molecule has 6 rings (SSSR count). The maximum Gasteiger partial charge on any atom is 0.259 e. The summed E-state index contributed by atoms with van der Waals surface area (Å²) in [6.07, 6.45) is 6.76. The van der Waals surface area contributed by atoms with Crippen LogP contribution in [0, 0.1) is 0 Å². The van der Waals surface area contributed by atoms with Crippen molar-refractivity contribution in [2.45, 2.75) is 32.4 Å². The monoisotopic (exact) mass is 425 g/mol. The molecule has 0 spiro atoms. The highest BCUT2D eigenvalue weighted by Gasteiger charge is 2.35. The number of amides is 2. The zero-order valence-corrected chi connectivity index (χ0v) is 17.6. The van der Waals surface area contributed by atoms with Crippen LogP contribution in [0.1, 0.15) is 29.5 Å². The average Bonchev–Trinajstić information content (AvgIpc) is 3.47. The number of hydrogen-bond donors (Lipinski definition) is 2. The average molecular weight is 425 g/mol. The summed E-state index contributed by atoms with van der Waals surface area (Å²) in [6.45, 7) is 1.73. The second kappa shape index (κ2) is 7.21. The molecular weight excluding hydrogens is 402 g/mol. The Hall–Kier alpha value is -3.64. The number of carbonyl (C=O) groups excluding carboxylic acids is 2. The van der Waals surface area contributed by atoms with Crippen LogP contribution in [0.2, 0.25) is 0 Å². The molecule has 0 saturated heterocycles. The van der Waals surface area contributed by atoms with Crippen molar-refractivity contribution in [1.82, 2.24) is 14.5 Å². The molecule has 4 heterocycles. The van der Waals surface area contributed by atoms with Crippen molar-refractivity contribution in [1.29, 1.82) is 0 Å². The highest BCUT2D eigenvalue weighted by molar-refractivity contribution is 6.50. The number of nitrogens with one attached hydrogen (secondary N) is 1. The molecule has 0 fully saturated rings. The fourth-order valence-corrected chi connectivity index (χ4v) is 5.30. The van der Waals surface area contributed by atoms with Crippen LogP contribution in [0.15, 0.2) is 54.9 Å². The molecule has 2 aliphatic heterocycles. The largest absolute Gasteiger partial charge is 0.396 e. The van der Waals surface area contributed by atoms with E-state index in [1.54, 1.807) is 0 Å². The second-order valence-corrected chi connectivity index (χ2v) is 8.51. The van der Waals surface area contributed by atoms with Crippen LogP contribution in [-0.2, 0) is 29.1 Å².